The van der Waals surface area contributed by atoms with E-state index in [-0.39, 0.29) is 29.3 Å². The number of carbonyl (C=O) groups is 2. The minimum Gasteiger partial charge on any atom is -0.456 e. The molecule has 0 spiro atoms. The molecule has 1 unspecified atom stereocenters. The minimum atomic E-state index is -0.551. The minimum absolute atomic E-state index is 0.00837. The predicted octanol–water partition coefficient (Wildman–Crippen LogP) is 1.14. The first-order valence-electron chi connectivity index (χ1n) is 7.58. The molecule has 0 N–H and O–H groups in total. The standard InChI is InChI=1S/C16H15N3O6/c1-10(20)16-14(18-25-19(16)22)9-23-15(21)8-12-7-13(17-24-12)11-5-3-2-4-6-11/h2-6,12H,7-9H2,1H3. The highest BCUT2D eigenvalue weighted by atomic mass is 16.8. The van der Waals surface area contributed by atoms with Crippen LogP contribution in [0.1, 0.15) is 41.5 Å². The second kappa shape index (κ2) is 7.12. The average molecular weight is 345 g/mol. The van der Waals surface area contributed by atoms with Gasteiger partial charge in [0.1, 0.15) is 6.10 Å². The molecule has 0 bridgehead atoms. The molecule has 0 aliphatic carbocycles. The van der Waals surface area contributed by atoms with Crippen molar-refractivity contribution in [1.82, 2.24) is 5.16 Å². The van der Waals surface area contributed by atoms with Gasteiger partial charge in [-0.25, -0.2) is 0 Å². The normalized spacial score (nSPS) is 16.2. The van der Waals surface area contributed by atoms with Crippen LogP contribution in [0.2, 0.25) is 0 Å². The Morgan fingerprint density at radius 1 is 1.36 bits per heavy atom. The molecule has 130 valence electrons. The monoisotopic (exact) mass is 345 g/mol. The van der Waals surface area contributed by atoms with Gasteiger partial charge in [-0.1, -0.05) is 35.5 Å². The topological polar surface area (TPSA) is 118 Å². The molecule has 0 fully saturated rings. The highest BCUT2D eigenvalue weighted by molar-refractivity contribution is 6.01. The maximum atomic E-state index is 11.9. The number of carbonyl (C=O) groups excluding carboxylic acids is 2. The summed E-state index contributed by atoms with van der Waals surface area (Å²) in [6.45, 7) is 0.868. The summed E-state index contributed by atoms with van der Waals surface area (Å²) < 4.78 is 9.38. The summed E-state index contributed by atoms with van der Waals surface area (Å²) in [5.74, 6) is -1.08. The van der Waals surface area contributed by atoms with Crippen LogP contribution in [0.4, 0.5) is 0 Å². The first kappa shape index (κ1) is 16.6. The highest BCUT2D eigenvalue weighted by Crippen LogP contribution is 2.19. The fraction of sp³-hybridized carbons (Fsp3) is 0.312. The molecular formula is C16H15N3O6. The number of hydrogen-bond acceptors (Lipinski definition) is 8. The van der Waals surface area contributed by atoms with Crippen LogP contribution < -0.4 is 4.90 Å². The van der Waals surface area contributed by atoms with Gasteiger partial charge in [0.05, 0.1) is 12.1 Å². The first-order valence-corrected chi connectivity index (χ1v) is 7.58. The van der Waals surface area contributed by atoms with E-state index in [9.17, 15) is 14.8 Å². The number of ketones is 1. The number of hydrogen-bond donors (Lipinski definition) is 0. The zero-order chi connectivity index (χ0) is 17.8. The van der Waals surface area contributed by atoms with E-state index in [1.165, 1.54) is 6.92 Å². The molecule has 1 atom stereocenters. The maximum absolute atomic E-state index is 11.9. The van der Waals surface area contributed by atoms with E-state index >= 15 is 0 Å². The Kier molecular flexibility index (Phi) is 4.73. The molecule has 1 aromatic carbocycles. The zero-order valence-electron chi connectivity index (χ0n) is 13.4. The molecule has 25 heavy (non-hydrogen) atoms. The lowest BCUT2D eigenvalue weighted by Gasteiger charge is -2.07. The van der Waals surface area contributed by atoms with E-state index in [4.69, 9.17) is 9.57 Å². The molecule has 9 heteroatoms. The molecule has 0 saturated carbocycles. The third-order valence-electron chi connectivity index (χ3n) is 3.62. The highest BCUT2D eigenvalue weighted by Gasteiger charge is 2.28. The second-order valence-corrected chi connectivity index (χ2v) is 5.48. The number of oxime groups is 1. The summed E-state index contributed by atoms with van der Waals surface area (Å²) in [7, 11) is 0. The Balaban J connectivity index is 1.51. The van der Waals surface area contributed by atoms with Crippen LogP contribution in [0.15, 0.2) is 40.1 Å². The molecule has 2 heterocycles. The fourth-order valence-electron chi connectivity index (χ4n) is 2.43. The zero-order valence-corrected chi connectivity index (χ0v) is 13.4. The van der Waals surface area contributed by atoms with Crippen LogP contribution in [0.3, 0.4) is 0 Å². The van der Waals surface area contributed by atoms with Gasteiger partial charge >= 0.3 is 5.97 Å². The molecule has 1 aromatic heterocycles. The van der Waals surface area contributed by atoms with Gasteiger partial charge in [-0.05, 0) is 10.5 Å². The number of nitrogens with zero attached hydrogens (tertiary/aromatic N) is 3. The van der Waals surface area contributed by atoms with Crippen molar-refractivity contribution in [2.45, 2.75) is 32.5 Å². The lowest BCUT2D eigenvalue weighted by molar-refractivity contribution is -0.803. The fourth-order valence-corrected chi connectivity index (χ4v) is 2.43. The molecule has 2 aromatic rings. The van der Waals surface area contributed by atoms with Crippen LogP contribution >= 0.6 is 0 Å². The van der Waals surface area contributed by atoms with Gasteiger partial charge in [-0.15, -0.1) is 0 Å². The number of Topliss-reactive ketones (excluding diaryl/α,β-unsaturated/α-hetero) is 1. The van der Waals surface area contributed by atoms with Crippen molar-refractivity contribution in [3.8, 4) is 0 Å². The van der Waals surface area contributed by atoms with Crippen molar-refractivity contribution < 1.29 is 28.7 Å². The maximum Gasteiger partial charge on any atom is 0.310 e. The van der Waals surface area contributed by atoms with E-state index < -0.39 is 17.9 Å². The van der Waals surface area contributed by atoms with Gasteiger partial charge in [-0.3, -0.25) is 14.2 Å². The molecule has 0 amide bonds. The van der Waals surface area contributed by atoms with Gasteiger partial charge in [0.15, 0.2) is 6.61 Å². The largest absolute Gasteiger partial charge is 0.456 e. The predicted molar refractivity (Wildman–Crippen MR) is 82.3 cm³/mol. The number of rotatable bonds is 6. The Morgan fingerprint density at radius 2 is 2.12 bits per heavy atom. The summed E-state index contributed by atoms with van der Waals surface area (Å²) >= 11 is 0. The van der Waals surface area contributed by atoms with E-state index in [0.29, 0.717) is 6.42 Å². The molecule has 9 nitrogen and oxygen atoms in total. The van der Waals surface area contributed by atoms with Crippen molar-refractivity contribution in [2.75, 3.05) is 0 Å². The Labute approximate surface area is 142 Å². The lowest BCUT2D eigenvalue weighted by atomic mass is 10.0. The summed E-state index contributed by atoms with van der Waals surface area (Å²) in [6, 6.07) is 9.52. The Bertz CT molecular complexity index is 815. The van der Waals surface area contributed by atoms with Gasteiger partial charge in [0, 0.05) is 18.5 Å². The van der Waals surface area contributed by atoms with Crippen molar-refractivity contribution in [1.29, 1.82) is 0 Å². The summed E-state index contributed by atoms with van der Waals surface area (Å²) in [6.07, 6.45) is 0.0593. The number of esters is 1. The van der Waals surface area contributed by atoms with Gasteiger partial charge in [0.2, 0.25) is 5.78 Å². The summed E-state index contributed by atoms with van der Waals surface area (Å²) in [5, 5.41) is 18.7. The van der Waals surface area contributed by atoms with Gasteiger partial charge in [0.25, 0.3) is 11.4 Å². The van der Waals surface area contributed by atoms with E-state index in [0.717, 1.165) is 11.3 Å². The van der Waals surface area contributed by atoms with Crippen molar-refractivity contribution in [3.05, 3.63) is 52.5 Å². The van der Waals surface area contributed by atoms with Crippen LogP contribution in [-0.4, -0.2) is 28.7 Å². The molecule has 0 saturated heterocycles. The van der Waals surface area contributed by atoms with Crippen LogP contribution in [0, 0.1) is 5.21 Å². The molecule has 0 radical (unpaired) electrons. The van der Waals surface area contributed by atoms with E-state index in [1.54, 1.807) is 0 Å². The van der Waals surface area contributed by atoms with E-state index in [1.807, 2.05) is 30.3 Å². The smallest absolute Gasteiger partial charge is 0.310 e. The Morgan fingerprint density at radius 3 is 2.84 bits per heavy atom. The van der Waals surface area contributed by atoms with E-state index in [2.05, 4.69) is 14.9 Å². The summed E-state index contributed by atoms with van der Waals surface area (Å²) in [4.78, 5) is 28.5. The number of ether oxygens (including phenoxy) is 1. The molecule has 3 rings (SSSR count). The van der Waals surface area contributed by atoms with Crippen LogP contribution in [0.25, 0.3) is 0 Å². The van der Waals surface area contributed by atoms with Crippen molar-refractivity contribution in [2.24, 2.45) is 5.16 Å². The number of aromatic nitrogens is 2. The third kappa shape index (κ3) is 3.82. The molecule has 1 aliphatic heterocycles. The quantitative estimate of drug-likeness (QED) is 0.437. The average Bonchev–Trinajstić information content (AvgIpc) is 3.20. The number of benzene rings is 1. The molecular weight excluding hydrogens is 330 g/mol. The first-order chi connectivity index (χ1) is 12.0. The van der Waals surface area contributed by atoms with Crippen LogP contribution in [0.5, 0.6) is 0 Å². The second-order valence-electron chi connectivity index (χ2n) is 5.48. The van der Waals surface area contributed by atoms with Gasteiger partial charge in [-0.2, -0.15) is 0 Å². The van der Waals surface area contributed by atoms with Gasteiger partial charge < -0.3 is 14.8 Å². The van der Waals surface area contributed by atoms with Crippen molar-refractivity contribution in [3.63, 3.8) is 0 Å². The molecule has 1 aliphatic rings. The van der Waals surface area contributed by atoms with Crippen LogP contribution in [-0.2, 0) is 21.0 Å². The SMILES string of the molecule is CC(=O)c1c(COC(=O)CC2CC(c3ccccc3)=NO2)no[n+]1[O-]. The summed E-state index contributed by atoms with van der Waals surface area (Å²) in [5.41, 5.74) is 1.40. The Hall–Kier alpha value is -3.23. The lowest BCUT2D eigenvalue weighted by Crippen LogP contribution is -2.31. The van der Waals surface area contributed by atoms with Crippen molar-refractivity contribution >= 4 is 17.5 Å². The third-order valence-corrected chi connectivity index (χ3v) is 3.62.